The topological polar surface area (TPSA) is 70.4 Å². The van der Waals surface area contributed by atoms with Crippen molar-refractivity contribution in [3.05, 3.63) is 17.5 Å². The summed E-state index contributed by atoms with van der Waals surface area (Å²) in [7, 11) is 5.46. The summed E-state index contributed by atoms with van der Waals surface area (Å²) in [5.74, 6) is -1.00. The molecule has 0 aromatic carbocycles. The van der Waals surface area contributed by atoms with Crippen LogP contribution in [0.5, 0.6) is 0 Å². The van der Waals surface area contributed by atoms with Gasteiger partial charge in [-0.25, -0.2) is 10.2 Å². The molecule has 0 aliphatic rings. The second-order valence-electron chi connectivity index (χ2n) is 3.18. The zero-order chi connectivity index (χ0) is 10.7. The van der Waals surface area contributed by atoms with E-state index in [2.05, 4.69) is 10.5 Å². The minimum Gasteiger partial charge on any atom is -0.476 e. The van der Waals surface area contributed by atoms with Gasteiger partial charge in [0.1, 0.15) is 0 Å². The predicted octanol–water partition coefficient (Wildman–Crippen LogP) is -0.316. The molecule has 0 saturated carbocycles. The highest BCUT2D eigenvalue weighted by Gasteiger charge is 2.10. The van der Waals surface area contributed by atoms with Crippen molar-refractivity contribution in [3.8, 4) is 0 Å². The highest BCUT2D eigenvalue weighted by Crippen LogP contribution is 2.02. The monoisotopic (exact) mass is 198 g/mol. The van der Waals surface area contributed by atoms with E-state index in [0.717, 1.165) is 5.69 Å². The van der Waals surface area contributed by atoms with Crippen molar-refractivity contribution in [2.24, 2.45) is 7.05 Å². The van der Waals surface area contributed by atoms with Gasteiger partial charge in [-0.3, -0.25) is 9.69 Å². The third kappa shape index (κ3) is 2.54. The Morgan fingerprint density at radius 3 is 2.79 bits per heavy atom. The third-order valence-corrected chi connectivity index (χ3v) is 1.77. The van der Waals surface area contributed by atoms with Crippen molar-refractivity contribution in [1.82, 2.24) is 20.2 Å². The molecule has 1 aromatic heterocycles. The van der Waals surface area contributed by atoms with Crippen molar-refractivity contribution in [3.63, 3.8) is 0 Å². The SMILES string of the molecule is CN(C)NCc1cc(C(=O)O)nn1C. The number of carbonyl (C=O) groups is 1. The van der Waals surface area contributed by atoms with Crippen LogP contribution in [-0.4, -0.2) is 40.0 Å². The summed E-state index contributed by atoms with van der Waals surface area (Å²) in [6, 6.07) is 1.55. The van der Waals surface area contributed by atoms with Crippen LogP contribution in [0.3, 0.4) is 0 Å². The number of carboxylic acids is 1. The molecule has 0 bridgehead atoms. The van der Waals surface area contributed by atoms with E-state index in [4.69, 9.17) is 5.11 Å². The fourth-order valence-electron chi connectivity index (χ4n) is 1.01. The number of aromatic nitrogens is 2. The molecule has 0 amide bonds. The summed E-state index contributed by atoms with van der Waals surface area (Å²) in [5.41, 5.74) is 3.94. The van der Waals surface area contributed by atoms with Gasteiger partial charge in [0.15, 0.2) is 5.69 Å². The fourth-order valence-corrected chi connectivity index (χ4v) is 1.01. The van der Waals surface area contributed by atoms with Gasteiger partial charge in [0.25, 0.3) is 0 Å². The maximum Gasteiger partial charge on any atom is 0.356 e. The first kappa shape index (κ1) is 10.7. The first-order valence-electron chi connectivity index (χ1n) is 4.17. The minimum absolute atomic E-state index is 0.0723. The summed E-state index contributed by atoms with van der Waals surface area (Å²) in [6.07, 6.45) is 0. The van der Waals surface area contributed by atoms with E-state index >= 15 is 0 Å². The highest BCUT2D eigenvalue weighted by atomic mass is 16.4. The van der Waals surface area contributed by atoms with Gasteiger partial charge >= 0.3 is 5.97 Å². The molecule has 0 fully saturated rings. The van der Waals surface area contributed by atoms with E-state index in [0.29, 0.717) is 6.54 Å². The number of aromatic carboxylic acids is 1. The Morgan fingerprint density at radius 2 is 2.36 bits per heavy atom. The lowest BCUT2D eigenvalue weighted by Crippen LogP contribution is -2.30. The first-order chi connectivity index (χ1) is 6.50. The number of hydrogen-bond donors (Lipinski definition) is 2. The zero-order valence-corrected chi connectivity index (χ0v) is 8.48. The Bertz CT molecular complexity index is 332. The lowest BCUT2D eigenvalue weighted by atomic mass is 10.3. The van der Waals surface area contributed by atoms with Crippen molar-refractivity contribution >= 4 is 5.97 Å². The van der Waals surface area contributed by atoms with Gasteiger partial charge in [0.2, 0.25) is 0 Å². The molecule has 0 spiro atoms. The molecule has 0 aliphatic carbocycles. The largest absolute Gasteiger partial charge is 0.476 e. The Kier molecular flexibility index (Phi) is 3.21. The number of nitrogens with zero attached hydrogens (tertiary/aromatic N) is 3. The minimum atomic E-state index is -1.00. The van der Waals surface area contributed by atoms with E-state index in [-0.39, 0.29) is 5.69 Å². The molecular formula is C8H14N4O2. The molecule has 0 aliphatic heterocycles. The van der Waals surface area contributed by atoms with Crippen LogP contribution in [0, 0.1) is 0 Å². The van der Waals surface area contributed by atoms with Gasteiger partial charge < -0.3 is 5.11 Å². The van der Waals surface area contributed by atoms with Gasteiger partial charge in [-0.15, -0.1) is 0 Å². The summed E-state index contributed by atoms with van der Waals surface area (Å²) in [5, 5.41) is 14.3. The molecule has 1 heterocycles. The van der Waals surface area contributed by atoms with Crippen LogP contribution >= 0.6 is 0 Å². The van der Waals surface area contributed by atoms with Crippen molar-refractivity contribution in [1.29, 1.82) is 0 Å². The quantitative estimate of drug-likeness (QED) is 0.649. The van der Waals surface area contributed by atoms with Gasteiger partial charge in [-0.1, -0.05) is 0 Å². The fraction of sp³-hybridized carbons (Fsp3) is 0.500. The molecule has 0 atom stereocenters. The normalized spacial score (nSPS) is 10.9. The maximum absolute atomic E-state index is 10.6. The average Bonchev–Trinajstić information content (AvgIpc) is 2.43. The second-order valence-corrected chi connectivity index (χ2v) is 3.18. The lowest BCUT2D eigenvalue weighted by Gasteiger charge is -2.11. The van der Waals surface area contributed by atoms with E-state index in [1.165, 1.54) is 0 Å². The molecule has 2 N–H and O–H groups in total. The van der Waals surface area contributed by atoms with Gasteiger partial charge in [-0.2, -0.15) is 5.10 Å². The standard InChI is InChI=1S/C8H14N4O2/c1-11(2)9-5-6-4-7(8(13)14)10-12(6)3/h4,9H,5H2,1-3H3,(H,13,14). The summed E-state index contributed by atoms with van der Waals surface area (Å²) in [6.45, 7) is 0.559. The van der Waals surface area contributed by atoms with Crippen LogP contribution in [0.25, 0.3) is 0 Å². The molecule has 6 heteroatoms. The maximum atomic E-state index is 10.6. The molecular weight excluding hydrogens is 184 g/mol. The lowest BCUT2D eigenvalue weighted by molar-refractivity contribution is 0.0689. The Balaban J connectivity index is 2.72. The molecule has 0 saturated heterocycles. The van der Waals surface area contributed by atoms with E-state index < -0.39 is 5.97 Å². The number of rotatable bonds is 4. The van der Waals surface area contributed by atoms with Crippen LogP contribution in [0.2, 0.25) is 0 Å². The van der Waals surface area contributed by atoms with Crippen molar-refractivity contribution < 1.29 is 9.90 Å². The first-order valence-corrected chi connectivity index (χ1v) is 4.17. The smallest absolute Gasteiger partial charge is 0.356 e. The van der Waals surface area contributed by atoms with Crippen molar-refractivity contribution in [2.45, 2.75) is 6.54 Å². The van der Waals surface area contributed by atoms with E-state index in [9.17, 15) is 4.79 Å². The molecule has 0 unspecified atom stereocenters. The molecule has 1 aromatic rings. The number of hydrazine groups is 1. The zero-order valence-electron chi connectivity index (χ0n) is 8.48. The Labute approximate surface area is 82.1 Å². The Hall–Kier alpha value is -1.40. The number of nitrogens with one attached hydrogen (secondary N) is 1. The van der Waals surface area contributed by atoms with Gasteiger partial charge in [0, 0.05) is 21.1 Å². The predicted molar refractivity (Wildman–Crippen MR) is 50.7 cm³/mol. The Morgan fingerprint density at radius 1 is 1.71 bits per heavy atom. The summed E-state index contributed by atoms with van der Waals surface area (Å²) >= 11 is 0. The van der Waals surface area contributed by atoms with Gasteiger partial charge in [-0.05, 0) is 6.07 Å². The molecule has 1 rings (SSSR count). The number of hydrogen-bond acceptors (Lipinski definition) is 4. The van der Waals surface area contributed by atoms with Crippen LogP contribution in [0.15, 0.2) is 6.07 Å². The molecule has 78 valence electrons. The number of carboxylic acid groups (broad SMARTS) is 1. The van der Waals surface area contributed by atoms with Crippen molar-refractivity contribution in [2.75, 3.05) is 14.1 Å². The molecule has 6 nitrogen and oxygen atoms in total. The third-order valence-electron chi connectivity index (χ3n) is 1.77. The highest BCUT2D eigenvalue weighted by molar-refractivity contribution is 5.85. The summed E-state index contributed by atoms with van der Waals surface area (Å²) < 4.78 is 1.56. The van der Waals surface area contributed by atoms with Crippen LogP contribution in [-0.2, 0) is 13.6 Å². The van der Waals surface area contributed by atoms with Crippen LogP contribution in [0.1, 0.15) is 16.2 Å². The van der Waals surface area contributed by atoms with Gasteiger partial charge in [0.05, 0.1) is 12.2 Å². The molecule has 0 radical (unpaired) electrons. The van der Waals surface area contributed by atoms with Crippen LogP contribution in [0.4, 0.5) is 0 Å². The van der Waals surface area contributed by atoms with E-state index in [1.54, 1.807) is 22.8 Å². The summed E-state index contributed by atoms with van der Waals surface area (Å²) in [4.78, 5) is 10.6. The average molecular weight is 198 g/mol. The second kappa shape index (κ2) is 4.21. The molecule has 14 heavy (non-hydrogen) atoms. The number of aryl methyl sites for hydroxylation is 1. The van der Waals surface area contributed by atoms with E-state index in [1.807, 2.05) is 14.1 Å². The van der Waals surface area contributed by atoms with Crippen LogP contribution < -0.4 is 5.43 Å².